The smallest absolute Gasteiger partial charge is 0.225 e. The van der Waals surface area contributed by atoms with E-state index in [0.29, 0.717) is 16.7 Å². The molecular weight excluding hydrogens is 367 g/mol. The Hall–Kier alpha value is -1.28. The van der Waals surface area contributed by atoms with Crippen LogP contribution in [-0.4, -0.2) is 17.1 Å². The van der Waals surface area contributed by atoms with Gasteiger partial charge in [-0.25, -0.2) is 0 Å². The fourth-order valence-electron chi connectivity index (χ4n) is 1.34. The summed E-state index contributed by atoms with van der Waals surface area (Å²) in [5.74, 6) is 1.06. The standard InChI is InChI=1S/C11H10ClIN4O/c1-18-10-5-9(16-11(14)17-10)15-8-3-2-6(13)4-7(8)12/h2-5H,1H3,(H3,14,15,16,17). The number of aromatic nitrogens is 2. The Balaban J connectivity index is 2.30. The van der Waals surface area contributed by atoms with Crippen LogP contribution in [0.3, 0.4) is 0 Å². The molecule has 18 heavy (non-hydrogen) atoms. The lowest BCUT2D eigenvalue weighted by molar-refractivity contribution is 0.398. The van der Waals surface area contributed by atoms with Crippen LogP contribution in [0.15, 0.2) is 24.3 Å². The second-order valence-electron chi connectivity index (χ2n) is 3.40. The van der Waals surface area contributed by atoms with Crippen LogP contribution in [0.1, 0.15) is 0 Å². The molecule has 0 atom stereocenters. The summed E-state index contributed by atoms with van der Waals surface area (Å²) in [4.78, 5) is 7.96. The number of rotatable bonds is 3. The van der Waals surface area contributed by atoms with Crippen molar-refractivity contribution in [2.24, 2.45) is 0 Å². The van der Waals surface area contributed by atoms with Gasteiger partial charge in [0.25, 0.3) is 0 Å². The highest BCUT2D eigenvalue weighted by molar-refractivity contribution is 14.1. The van der Waals surface area contributed by atoms with Crippen LogP contribution >= 0.6 is 34.2 Å². The van der Waals surface area contributed by atoms with Crippen LogP contribution in [0.4, 0.5) is 17.5 Å². The maximum Gasteiger partial charge on any atom is 0.225 e. The van der Waals surface area contributed by atoms with Crippen LogP contribution in [-0.2, 0) is 0 Å². The molecule has 1 aromatic heterocycles. The largest absolute Gasteiger partial charge is 0.481 e. The molecule has 2 rings (SSSR count). The zero-order valence-electron chi connectivity index (χ0n) is 9.45. The number of hydrogen-bond acceptors (Lipinski definition) is 5. The molecule has 0 unspecified atom stereocenters. The van der Waals surface area contributed by atoms with E-state index in [9.17, 15) is 0 Å². The molecule has 1 heterocycles. The Morgan fingerprint density at radius 1 is 1.33 bits per heavy atom. The number of nitrogens with two attached hydrogens (primary N) is 1. The highest BCUT2D eigenvalue weighted by atomic mass is 127. The fourth-order valence-corrected chi connectivity index (χ4v) is 2.24. The topological polar surface area (TPSA) is 73.1 Å². The van der Waals surface area contributed by atoms with Gasteiger partial charge in [0.05, 0.1) is 17.8 Å². The minimum Gasteiger partial charge on any atom is -0.481 e. The van der Waals surface area contributed by atoms with Crippen molar-refractivity contribution in [2.75, 3.05) is 18.2 Å². The summed E-state index contributed by atoms with van der Waals surface area (Å²) in [5, 5.41) is 3.68. The van der Waals surface area contributed by atoms with Crippen molar-refractivity contribution in [3.8, 4) is 5.88 Å². The molecule has 7 heteroatoms. The second-order valence-corrected chi connectivity index (χ2v) is 5.06. The van der Waals surface area contributed by atoms with Crippen molar-refractivity contribution in [3.63, 3.8) is 0 Å². The third kappa shape index (κ3) is 3.14. The molecule has 0 saturated heterocycles. The minimum atomic E-state index is 0.137. The predicted octanol–water partition coefficient (Wildman–Crippen LogP) is 3.07. The van der Waals surface area contributed by atoms with Gasteiger partial charge in [-0.15, -0.1) is 0 Å². The Kier molecular flexibility index (Phi) is 4.07. The second kappa shape index (κ2) is 5.57. The monoisotopic (exact) mass is 376 g/mol. The SMILES string of the molecule is COc1cc(Nc2ccc(I)cc2Cl)nc(N)n1. The molecule has 1 aromatic carbocycles. The maximum absolute atomic E-state index is 6.12. The zero-order valence-corrected chi connectivity index (χ0v) is 12.4. The van der Waals surface area contributed by atoms with Gasteiger partial charge >= 0.3 is 0 Å². The summed E-state index contributed by atoms with van der Waals surface area (Å²) in [6, 6.07) is 7.31. The number of halogens is 2. The van der Waals surface area contributed by atoms with E-state index in [1.807, 2.05) is 18.2 Å². The van der Waals surface area contributed by atoms with Crippen molar-refractivity contribution >= 4 is 51.6 Å². The highest BCUT2D eigenvalue weighted by Gasteiger charge is 2.05. The molecule has 2 aromatic rings. The lowest BCUT2D eigenvalue weighted by atomic mass is 10.3. The zero-order chi connectivity index (χ0) is 13.1. The molecule has 5 nitrogen and oxygen atoms in total. The normalized spacial score (nSPS) is 10.2. The molecule has 0 aliphatic carbocycles. The van der Waals surface area contributed by atoms with Crippen LogP contribution in [0.25, 0.3) is 0 Å². The molecule has 0 radical (unpaired) electrons. The van der Waals surface area contributed by atoms with Crippen LogP contribution in [0, 0.1) is 3.57 Å². The van der Waals surface area contributed by atoms with E-state index in [1.165, 1.54) is 7.11 Å². The number of nitrogen functional groups attached to an aromatic ring is 1. The summed E-state index contributed by atoms with van der Waals surface area (Å²) in [6.07, 6.45) is 0. The van der Waals surface area contributed by atoms with Crippen LogP contribution < -0.4 is 15.8 Å². The number of hydrogen-bond donors (Lipinski definition) is 2. The van der Waals surface area contributed by atoms with E-state index in [4.69, 9.17) is 22.1 Å². The van der Waals surface area contributed by atoms with Crippen molar-refractivity contribution < 1.29 is 4.74 Å². The average Bonchev–Trinajstić information content (AvgIpc) is 2.32. The quantitative estimate of drug-likeness (QED) is 0.806. The molecule has 0 aliphatic heterocycles. The molecule has 0 bridgehead atoms. The third-order valence-electron chi connectivity index (χ3n) is 2.12. The van der Waals surface area contributed by atoms with E-state index in [0.717, 1.165) is 9.26 Å². The Bertz CT molecular complexity index is 579. The van der Waals surface area contributed by atoms with Gasteiger partial charge in [-0.05, 0) is 40.8 Å². The average molecular weight is 377 g/mol. The number of nitrogens with zero attached hydrogens (tertiary/aromatic N) is 2. The number of benzene rings is 1. The summed E-state index contributed by atoms with van der Waals surface area (Å²) in [5.41, 5.74) is 6.32. The van der Waals surface area contributed by atoms with Crippen LogP contribution in [0.5, 0.6) is 5.88 Å². The fraction of sp³-hybridized carbons (Fsp3) is 0.0909. The first-order valence-corrected chi connectivity index (χ1v) is 6.45. The summed E-state index contributed by atoms with van der Waals surface area (Å²) in [6.45, 7) is 0. The molecule has 3 N–H and O–H groups in total. The number of ether oxygens (including phenoxy) is 1. The first-order valence-electron chi connectivity index (χ1n) is 4.99. The van der Waals surface area contributed by atoms with Gasteiger partial charge in [0.2, 0.25) is 11.8 Å². The number of nitrogens with one attached hydrogen (secondary N) is 1. The third-order valence-corrected chi connectivity index (χ3v) is 3.11. The molecule has 0 aliphatic rings. The Labute approximate surface area is 123 Å². The van der Waals surface area contributed by atoms with Gasteiger partial charge in [-0.1, -0.05) is 11.6 Å². The Morgan fingerprint density at radius 3 is 2.78 bits per heavy atom. The van der Waals surface area contributed by atoms with Crippen LogP contribution in [0.2, 0.25) is 5.02 Å². The van der Waals surface area contributed by atoms with Crippen molar-refractivity contribution in [3.05, 3.63) is 32.9 Å². The predicted molar refractivity (Wildman–Crippen MR) is 80.4 cm³/mol. The van der Waals surface area contributed by atoms with Gasteiger partial charge in [0.15, 0.2) is 0 Å². The van der Waals surface area contributed by atoms with E-state index in [1.54, 1.807) is 6.07 Å². The summed E-state index contributed by atoms with van der Waals surface area (Å²) < 4.78 is 6.08. The first-order chi connectivity index (χ1) is 8.58. The van der Waals surface area contributed by atoms with Gasteiger partial charge in [0.1, 0.15) is 5.82 Å². The minimum absolute atomic E-state index is 0.137. The van der Waals surface area contributed by atoms with E-state index >= 15 is 0 Å². The van der Waals surface area contributed by atoms with Crippen molar-refractivity contribution in [1.82, 2.24) is 9.97 Å². The van der Waals surface area contributed by atoms with E-state index in [-0.39, 0.29) is 5.95 Å². The molecule has 94 valence electrons. The number of methoxy groups -OCH3 is 1. The number of anilines is 3. The van der Waals surface area contributed by atoms with Crippen molar-refractivity contribution in [2.45, 2.75) is 0 Å². The summed E-state index contributed by atoms with van der Waals surface area (Å²) in [7, 11) is 1.52. The molecular formula is C11H10ClIN4O. The van der Waals surface area contributed by atoms with Crippen molar-refractivity contribution in [1.29, 1.82) is 0 Å². The molecule has 0 amide bonds. The van der Waals surface area contributed by atoms with E-state index < -0.39 is 0 Å². The lowest BCUT2D eigenvalue weighted by Crippen LogP contribution is -2.02. The first kappa shape index (κ1) is 13.2. The Morgan fingerprint density at radius 2 is 2.11 bits per heavy atom. The van der Waals surface area contributed by atoms with Gasteiger partial charge in [0, 0.05) is 9.64 Å². The highest BCUT2D eigenvalue weighted by Crippen LogP contribution is 2.27. The lowest BCUT2D eigenvalue weighted by Gasteiger charge is -2.09. The van der Waals surface area contributed by atoms with Gasteiger partial charge in [-0.2, -0.15) is 9.97 Å². The molecule has 0 fully saturated rings. The maximum atomic E-state index is 6.12. The van der Waals surface area contributed by atoms with Gasteiger partial charge < -0.3 is 15.8 Å². The molecule has 0 saturated carbocycles. The van der Waals surface area contributed by atoms with Gasteiger partial charge in [-0.3, -0.25) is 0 Å². The van der Waals surface area contributed by atoms with E-state index in [2.05, 4.69) is 37.9 Å². The summed E-state index contributed by atoms with van der Waals surface area (Å²) >= 11 is 8.31. The molecule has 0 spiro atoms.